The van der Waals surface area contributed by atoms with Crippen LogP contribution in [0.3, 0.4) is 0 Å². The topological polar surface area (TPSA) is 67.8 Å². The van der Waals surface area contributed by atoms with Gasteiger partial charge in [-0.15, -0.1) is 0 Å². The van der Waals surface area contributed by atoms with Gasteiger partial charge in [0.2, 0.25) is 0 Å². The number of amides is 1. The molecule has 2 N–H and O–H groups in total. The molecule has 0 radical (unpaired) electrons. The van der Waals surface area contributed by atoms with E-state index in [-0.39, 0.29) is 27.1 Å². The highest BCUT2D eigenvalue weighted by molar-refractivity contribution is 5.77. The van der Waals surface area contributed by atoms with Crippen molar-refractivity contribution in [1.29, 1.82) is 0 Å². The van der Waals surface area contributed by atoms with Gasteiger partial charge in [0.15, 0.2) is 6.61 Å². The van der Waals surface area contributed by atoms with Gasteiger partial charge in [-0.25, -0.2) is 0 Å². The maximum absolute atomic E-state index is 11.6. The Bertz CT molecular complexity index is 567. The summed E-state index contributed by atoms with van der Waals surface area (Å²) in [6.45, 7) is 8.14. The van der Waals surface area contributed by atoms with Crippen molar-refractivity contribution in [1.82, 2.24) is 5.32 Å². The summed E-state index contributed by atoms with van der Waals surface area (Å²) in [5.41, 5.74) is 0. The Morgan fingerprint density at radius 3 is 1.88 bits per heavy atom. The van der Waals surface area contributed by atoms with Crippen LogP contribution in [-0.4, -0.2) is 36.9 Å². The average Bonchev–Trinajstić information content (AvgIpc) is 2.73. The first-order chi connectivity index (χ1) is 12.7. The minimum Gasteiger partial charge on any atom is -0.491 e. The molecular formula is C21H33NO4. The fourth-order valence-electron chi connectivity index (χ4n) is 1.72. The molecular weight excluding hydrogens is 330 g/mol. The summed E-state index contributed by atoms with van der Waals surface area (Å²) in [6, 6.07) is 18.3. The van der Waals surface area contributed by atoms with Gasteiger partial charge in [-0.1, -0.05) is 64.1 Å². The van der Waals surface area contributed by atoms with Crippen LogP contribution in [0.15, 0.2) is 60.7 Å². The van der Waals surface area contributed by atoms with Gasteiger partial charge in [-0.3, -0.25) is 4.79 Å². The lowest BCUT2D eigenvalue weighted by Crippen LogP contribution is -2.37. The van der Waals surface area contributed by atoms with Crippen molar-refractivity contribution >= 4 is 5.91 Å². The van der Waals surface area contributed by atoms with E-state index in [1.807, 2.05) is 64.1 Å². The third-order valence-corrected chi connectivity index (χ3v) is 2.83. The third kappa shape index (κ3) is 11.1. The number of para-hydroxylation sites is 2. The molecule has 2 rings (SSSR count). The Morgan fingerprint density at radius 1 is 0.923 bits per heavy atom. The van der Waals surface area contributed by atoms with E-state index in [1.54, 1.807) is 24.3 Å². The first kappa shape index (κ1) is 23.5. The Balaban J connectivity index is 0. The SMILES string of the molecule is CC.CC.O=C(COc1ccccc1)NCC(O)COc1ccccc1.[HH]. The van der Waals surface area contributed by atoms with Crippen LogP contribution >= 0.6 is 0 Å². The van der Waals surface area contributed by atoms with Crippen molar-refractivity contribution < 1.29 is 20.8 Å². The van der Waals surface area contributed by atoms with Crippen molar-refractivity contribution in [3.8, 4) is 11.5 Å². The molecule has 0 aliphatic heterocycles. The predicted molar refractivity (Wildman–Crippen MR) is 108 cm³/mol. The highest BCUT2D eigenvalue weighted by Gasteiger charge is 2.08. The maximum Gasteiger partial charge on any atom is 0.258 e. The van der Waals surface area contributed by atoms with Gasteiger partial charge < -0.3 is 19.9 Å². The second-order valence-corrected chi connectivity index (χ2v) is 4.68. The number of carbonyl (C=O) groups excluding carboxylic acids is 1. The monoisotopic (exact) mass is 363 g/mol. The van der Waals surface area contributed by atoms with Crippen LogP contribution in [0.5, 0.6) is 11.5 Å². The van der Waals surface area contributed by atoms with Crippen molar-refractivity contribution in [2.24, 2.45) is 0 Å². The summed E-state index contributed by atoms with van der Waals surface area (Å²) in [7, 11) is 0. The molecule has 0 fully saturated rings. The van der Waals surface area contributed by atoms with Gasteiger partial charge in [0.1, 0.15) is 24.2 Å². The van der Waals surface area contributed by atoms with Gasteiger partial charge in [0.05, 0.1) is 0 Å². The standard InChI is InChI=1S/C17H19NO4.2C2H6.H2/c19-14(12-21-15-7-3-1-4-8-15)11-18-17(20)13-22-16-9-5-2-6-10-16;2*1-2;/h1-10,14,19H,11-13H2,(H,18,20);2*1-2H3;1H. The van der Waals surface area contributed by atoms with E-state index in [2.05, 4.69) is 5.32 Å². The molecule has 1 unspecified atom stereocenters. The van der Waals surface area contributed by atoms with Crippen molar-refractivity contribution in [2.45, 2.75) is 33.8 Å². The Labute approximate surface area is 158 Å². The molecule has 146 valence electrons. The Kier molecular flexibility index (Phi) is 14.4. The summed E-state index contributed by atoms with van der Waals surface area (Å²) in [6.07, 6.45) is -0.777. The van der Waals surface area contributed by atoms with Crippen LogP contribution in [0.4, 0.5) is 0 Å². The number of aliphatic hydroxyl groups excluding tert-OH is 1. The first-order valence-corrected chi connectivity index (χ1v) is 9.04. The highest BCUT2D eigenvalue weighted by Crippen LogP contribution is 2.08. The fourth-order valence-corrected chi connectivity index (χ4v) is 1.72. The molecule has 0 bridgehead atoms. The van der Waals surface area contributed by atoms with Crippen molar-refractivity contribution in [2.75, 3.05) is 19.8 Å². The van der Waals surface area contributed by atoms with Crippen LogP contribution < -0.4 is 14.8 Å². The number of hydrogen-bond acceptors (Lipinski definition) is 4. The fraction of sp³-hybridized carbons (Fsp3) is 0.381. The summed E-state index contributed by atoms with van der Waals surface area (Å²) < 4.78 is 10.7. The summed E-state index contributed by atoms with van der Waals surface area (Å²) in [5.74, 6) is 1.02. The molecule has 5 heteroatoms. The highest BCUT2D eigenvalue weighted by atomic mass is 16.5. The Hall–Kier alpha value is -2.53. The lowest BCUT2D eigenvalue weighted by molar-refractivity contribution is -0.123. The molecule has 26 heavy (non-hydrogen) atoms. The van der Waals surface area contributed by atoms with E-state index >= 15 is 0 Å². The molecule has 0 aliphatic rings. The van der Waals surface area contributed by atoms with Gasteiger partial charge >= 0.3 is 0 Å². The van der Waals surface area contributed by atoms with Crippen molar-refractivity contribution in [3.05, 3.63) is 60.7 Å². The quantitative estimate of drug-likeness (QED) is 0.746. The van der Waals surface area contributed by atoms with Gasteiger partial charge in [0.25, 0.3) is 5.91 Å². The third-order valence-electron chi connectivity index (χ3n) is 2.83. The van der Waals surface area contributed by atoms with E-state index in [9.17, 15) is 9.90 Å². The molecule has 0 aliphatic carbocycles. The van der Waals surface area contributed by atoms with Crippen LogP contribution in [-0.2, 0) is 4.79 Å². The Morgan fingerprint density at radius 2 is 1.38 bits per heavy atom. The van der Waals surface area contributed by atoms with Gasteiger partial charge in [-0.2, -0.15) is 0 Å². The molecule has 0 saturated carbocycles. The summed E-state index contributed by atoms with van der Waals surface area (Å²) in [4.78, 5) is 11.6. The van der Waals surface area contributed by atoms with E-state index in [1.165, 1.54) is 0 Å². The molecule has 0 spiro atoms. The largest absolute Gasteiger partial charge is 0.491 e. The number of hydrogen-bond donors (Lipinski definition) is 2. The van der Waals surface area contributed by atoms with Gasteiger partial charge in [0, 0.05) is 7.97 Å². The molecule has 2 aromatic carbocycles. The zero-order chi connectivity index (χ0) is 19.6. The molecule has 5 nitrogen and oxygen atoms in total. The first-order valence-electron chi connectivity index (χ1n) is 9.04. The predicted octanol–water partition coefficient (Wildman–Crippen LogP) is 3.92. The normalized spacial score (nSPS) is 10.2. The molecule has 1 amide bonds. The van der Waals surface area contributed by atoms with E-state index in [0.717, 1.165) is 0 Å². The minimum absolute atomic E-state index is 0. The number of ether oxygens (including phenoxy) is 2. The molecule has 2 aromatic rings. The van der Waals surface area contributed by atoms with E-state index in [0.29, 0.717) is 11.5 Å². The number of aliphatic hydroxyl groups is 1. The average molecular weight is 363 g/mol. The molecule has 0 heterocycles. The van der Waals surface area contributed by atoms with Crippen LogP contribution in [0.1, 0.15) is 29.1 Å². The lowest BCUT2D eigenvalue weighted by Gasteiger charge is -2.13. The zero-order valence-electron chi connectivity index (χ0n) is 16.1. The van der Waals surface area contributed by atoms with E-state index < -0.39 is 6.10 Å². The molecule has 0 saturated heterocycles. The van der Waals surface area contributed by atoms with Crippen molar-refractivity contribution in [3.63, 3.8) is 0 Å². The minimum atomic E-state index is -0.777. The summed E-state index contributed by atoms with van der Waals surface area (Å²) >= 11 is 0. The second-order valence-electron chi connectivity index (χ2n) is 4.68. The second kappa shape index (κ2) is 16.0. The number of rotatable bonds is 8. The van der Waals surface area contributed by atoms with Crippen LogP contribution in [0.25, 0.3) is 0 Å². The molecule has 1 atom stereocenters. The number of nitrogens with one attached hydrogen (secondary N) is 1. The van der Waals surface area contributed by atoms with Crippen LogP contribution in [0.2, 0.25) is 0 Å². The smallest absolute Gasteiger partial charge is 0.258 e. The summed E-state index contributed by atoms with van der Waals surface area (Å²) in [5, 5.41) is 12.4. The zero-order valence-corrected chi connectivity index (χ0v) is 16.1. The van der Waals surface area contributed by atoms with Gasteiger partial charge in [-0.05, 0) is 24.3 Å². The lowest BCUT2D eigenvalue weighted by atomic mass is 10.3. The number of carbonyl (C=O) groups is 1. The number of benzene rings is 2. The van der Waals surface area contributed by atoms with E-state index in [4.69, 9.17) is 9.47 Å². The molecule has 0 aromatic heterocycles. The maximum atomic E-state index is 11.6. The van der Waals surface area contributed by atoms with Crippen LogP contribution in [0, 0.1) is 0 Å².